The smallest absolute Gasteiger partial charge is 0.150 e. The number of hydrogen-bond acceptors (Lipinski definition) is 4. The van der Waals surface area contributed by atoms with Crippen LogP contribution in [0.1, 0.15) is 25.5 Å². The Morgan fingerprint density at radius 2 is 2.32 bits per heavy atom. The molecule has 0 bridgehead atoms. The molecule has 3 aromatic rings. The van der Waals surface area contributed by atoms with E-state index in [2.05, 4.69) is 10.1 Å². The Hall–Kier alpha value is -1.50. The number of hydrogen-bond donors (Lipinski definition) is 0. The summed E-state index contributed by atoms with van der Waals surface area (Å²) >= 11 is 7.48. The molecule has 3 heterocycles. The molecule has 0 amide bonds. The van der Waals surface area contributed by atoms with E-state index in [9.17, 15) is 4.39 Å². The monoisotopic (exact) mass is 337 g/mol. The van der Waals surface area contributed by atoms with E-state index < -0.39 is 0 Å². The van der Waals surface area contributed by atoms with Gasteiger partial charge in [0.05, 0.1) is 26.9 Å². The summed E-state index contributed by atoms with van der Waals surface area (Å²) in [6, 6.07) is 1.34. The molecule has 0 radical (unpaired) electrons. The fourth-order valence-corrected chi connectivity index (χ4v) is 3.81. The van der Waals surface area contributed by atoms with E-state index in [0.717, 1.165) is 30.6 Å². The molecule has 4 rings (SSSR count). The molecule has 7 heteroatoms. The Kier molecular flexibility index (Phi) is 3.60. The Morgan fingerprint density at radius 3 is 3.14 bits per heavy atom. The van der Waals surface area contributed by atoms with Crippen LogP contribution in [-0.4, -0.2) is 21.4 Å². The molecule has 1 atom stereocenters. The van der Waals surface area contributed by atoms with Gasteiger partial charge in [0.25, 0.3) is 0 Å². The third kappa shape index (κ3) is 2.31. The van der Waals surface area contributed by atoms with E-state index in [4.69, 9.17) is 16.3 Å². The number of rotatable bonds is 2. The van der Waals surface area contributed by atoms with Crippen molar-refractivity contribution in [2.24, 2.45) is 0 Å². The number of halogens is 2. The number of thiazole rings is 1. The van der Waals surface area contributed by atoms with Crippen LogP contribution in [0.25, 0.3) is 21.3 Å². The van der Waals surface area contributed by atoms with Gasteiger partial charge >= 0.3 is 0 Å². The molecule has 1 fully saturated rings. The molecule has 4 nitrogen and oxygen atoms in total. The zero-order chi connectivity index (χ0) is 15.1. The highest BCUT2D eigenvalue weighted by molar-refractivity contribution is 7.17. The fraction of sp³-hybridized carbons (Fsp3) is 0.333. The van der Waals surface area contributed by atoms with Crippen molar-refractivity contribution in [3.63, 3.8) is 0 Å². The third-order valence-corrected chi connectivity index (χ3v) is 5.12. The van der Waals surface area contributed by atoms with Crippen LogP contribution in [0.4, 0.5) is 4.39 Å². The van der Waals surface area contributed by atoms with Gasteiger partial charge in [-0.15, -0.1) is 11.3 Å². The maximum Gasteiger partial charge on any atom is 0.150 e. The maximum atomic E-state index is 14.4. The van der Waals surface area contributed by atoms with Crippen molar-refractivity contribution < 1.29 is 9.13 Å². The molecule has 1 saturated heterocycles. The van der Waals surface area contributed by atoms with Crippen LogP contribution >= 0.6 is 22.9 Å². The molecule has 1 aliphatic rings. The van der Waals surface area contributed by atoms with Crippen LogP contribution in [0, 0.1) is 5.82 Å². The van der Waals surface area contributed by atoms with Gasteiger partial charge in [-0.3, -0.25) is 0 Å². The fourth-order valence-electron chi connectivity index (χ4n) is 2.79. The van der Waals surface area contributed by atoms with Gasteiger partial charge in [0.15, 0.2) is 0 Å². The standard InChI is InChI=1S/C15H13ClFN3OS/c16-10-5-11(17)13(14-15(10)22-8-18-14)9-6-19-20(7-9)12-3-1-2-4-21-12/h5-8,12H,1-4H2. The first-order valence-electron chi connectivity index (χ1n) is 7.11. The van der Waals surface area contributed by atoms with Gasteiger partial charge in [-0.25, -0.2) is 14.1 Å². The van der Waals surface area contributed by atoms with Gasteiger partial charge in [0, 0.05) is 23.9 Å². The van der Waals surface area contributed by atoms with Gasteiger partial charge in [-0.1, -0.05) is 11.6 Å². The molecule has 0 spiro atoms. The second-order valence-corrected chi connectivity index (χ2v) is 6.54. The summed E-state index contributed by atoms with van der Waals surface area (Å²) in [6.07, 6.45) is 6.53. The van der Waals surface area contributed by atoms with Crippen LogP contribution in [-0.2, 0) is 4.74 Å². The average Bonchev–Trinajstić information content (AvgIpc) is 3.18. The van der Waals surface area contributed by atoms with Crippen molar-refractivity contribution in [1.82, 2.24) is 14.8 Å². The highest BCUT2D eigenvalue weighted by Gasteiger charge is 2.20. The van der Waals surface area contributed by atoms with Crippen LogP contribution in [0.3, 0.4) is 0 Å². The summed E-state index contributed by atoms with van der Waals surface area (Å²) in [5, 5.41) is 4.73. The summed E-state index contributed by atoms with van der Waals surface area (Å²) < 4.78 is 22.7. The molecule has 0 aliphatic carbocycles. The molecule has 0 saturated carbocycles. The first kappa shape index (κ1) is 14.1. The minimum Gasteiger partial charge on any atom is -0.357 e. The van der Waals surface area contributed by atoms with Crippen molar-refractivity contribution in [2.75, 3.05) is 6.61 Å². The minimum absolute atomic E-state index is 0.0659. The lowest BCUT2D eigenvalue weighted by Gasteiger charge is -2.22. The first-order valence-corrected chi connectivity index (χ1v) is 8.37. The lowest BCUT2D eigenvalue weighted by Crippen LogP contribution is -2.18. The predicted molar refractivity (Wildman–Crippen MR) is 84.6 cm³/mol. The van der Waals surface area contributed by atoms with Gasteiger partial charge in [0.1, 0.15) is 12.0 Å². The Balaban J connectivity index is 1.79. The molecule has 1 aromatic carbocycles. The Bertz CT molecular complexity index is 825. The summed E-state index contributed by atoms with van der Waals surface area (Å²) in [5.41, 5.74) is 3.40. The predicted octanol–water partition coefficient (Wildman–Crippen LogP) is 4.65. The molecule has 0 N–H and O–H groups in total. The number of nitrogens with zero attached hydrogens (tertiary/aromatic N) is 3. The number of aromatic nitrogens is 3. The van der Waals surface area contributed by atoms with Crippen molar-refractivity contribution in [3.05, 3.63) is 34.8 Å². The quantitative estimate of drug-likeness (QED) is 0.683. The molecular formula is C15H13ClFN3OS. The van der Waals surface area contributed by atoms with Crippen LogP contribution in [0.15, 0.2) is 24.0 Å². The van der Waals surface area contributed by atoms with E-state index >= 15 is 0 Å². The molecule has 22 heavy (non-hydrogen) atoms. The minimum atomic E-state index is -0.382. The maximum absolute atomic E-state index is 14.4. The summed E-state index contributed by atoms with van der Waals surface area (Å²) in [7, 11) is 0. The molecule has 1 aliphatic heterocycles. The highest BCUT2D eigenvalue weighted by Crippen LogP contribution is 2.37. The van der Waals surface area contributed by atoms with Crippen LogP contribution in [0.2, 0.25) is 5.02 Å². The summed E-state index contributed by atoms with van der Waals surface area (Å²) in [5.74, 6) is -0.382. The molecule has 114 valence electrons. The van der Waals surface area contributed by atoms with E-state index in [0.29, 0.717) is 21.7 Å². The molecule has 1 unspecified atom stereocenters. The zero-order valence-electron chi connectivity index (χ0n) is 11.6. The van der Waals surface area contributed by atoms with Crippen molar-refractivity contribution in [3.8, 4) is 11.1 Å². The lowest BCUT2D eigenvalue weighted by molar-refractivity contribution is -0.0394. The van der Waals surface area contributed by atoms with Gasteiger partial charge < -0.3 is 4.74 Å². The van der Waals surface area contributed by atoms with Crippen LogP contribution in [0.5, 0.6) is 0 Å². The largest absolute Gasteiger partial charge is 0.357 e. The third-order valence-electron chi connectivity index (χ3n) is 3.85. The average molecular weight is 338 g/mol. The van der Waals surface area contributed by atoms with E-state index in [1.807, 2.05) is 6.20 Å². The van der Waals surface area contributed by atoms with Crippen molar-refractivity contribution in [1.29, 1.82) is 0 Å². The van der Waals surface area contributed by atoms with E-state index in [-0.39, 0.29) is 12.0 Å². The Labute approximate surface area is 135 Å². The Morgan fingerprint density at radius 1 is 1.41 bits per heavy atom. The highest BCUT2D eigenvalue weighted by atomic mass is 35.5. The van der Waals surface area contributed by atoms with E-state index in [1.165, 1.54) is 17.4 Å². The first-order chi connectivity index (χ1) is 10.7. The normalized spacial score (nSPS) is 18.9. The molecular weight excluding hydrogens is 325 g/mol. The second kappa shape index (κ2) is 5.61. The van der Waals surface area contributed by atoms with E-state index in [1.54, 1.807) is 16.4 Å². The second-order valence-electron chi connectivity index (χ2n) is 5.28. The number of benzene rings is 1. The zero-order valence-corrected chi connectivity index (χ0v) is 13.2. The number of ether oxygens (including phenoxy) is 1. The van der Waals surface area contributed by atoms with Crippen LogP contribution < -0.4 is 0 Å². The van der Waals surface area contributed by atoms with Crippen molar-refractivity contribution >= 4 is 33.2 Å². The number of fused-ring (bicyclic) bond motifs is 1. The van der Waals surface area contributed by atoms with Gasteiger partial charge in [-0.05, 0) is 25.3 Å². The van der Waals surface area contributed by atoms with Gasteiger partial charge in [-0.2, -0.15) is 5.10 Å². The van der Waals surface area contributed by atoms with Gasteiger partial charge in [0.2, 0.25) is 0 Å². The lowest BCUT2D eigenvalue weighted by atomic mass is 10.1. The summed E-state index contributed by atoms with van der Waals surface area (Å²) in [4.78, 5) is 4.26. The molecule has 2 aromatic heterocycles. The summed E-state index contributed by atoms with van der Waals surface area (Å²) in [6.45, 7) is 0.742. The SMILES string of the molecule is Fc1cc(Cl)c2scnc2c1-c1cnn(C2CCCCO2)c1. The topological polar surface area (TPSA) is 39.9 Å². The van der Waals surface area contributed by atoms with Crippen molar-refractivity contribution in [2.45, 2.75) is 25.5 Å².